The first-order chi connectivity index (χ1) is 15.1. The second kappa shape index (κ2) is 10.1. The number of benzene rings is 2. The first kappa shape index (κ1) is 24.4. The van der Waals surface area contributed by atoms with Crippen molar-refractivity contribution in [3.63, 3.8) is 0 Å². The summed E-state index contributed by atoms with van der Waals surface area (Å²) in [7, 11) is -3.60. The monoisotopic (exact) mass is 532 g/mol. The first-order valence-corrected chi connectivity index (χ1v) is 11.8. The van der Waals surface area contributed by atoms with Crippen molar-refractivity contribution in [3.8, 4) is 0 Å². The molecule has 1 N–H and O–H groups in total. The van der Waals surface area contributed by atoms with E-state index in [1.54, 1.807) is 17.0 Å². The molecule has 0 atom stereocenters. The summed E-state index contributed by atoms with van der Waals surface area (Å²) < 4.78 is 65.3. The van der Waals surface area contributed by atoms with Gasteiger partial charge in [0.15, 0.2) is 0 Å². The molecule has 0 aliphatic carbocycles. The molecule has 12 heteroatoms. The van der Waals surface area contributed by atoms with Gasteiger partial charge in [0.1, 0.15) is 0 Å². The Morgan fingerprint density at radius 2 is 1.62 bits per heavy atom. The minimum Gasteiger partial charge on any atom is -0.292 e. The highest BCUT2D eigenvalue weighted by Gasteiger charge is 2.30. The minimum atomic E-state index is -4.41. The van der Waals surface area contributed by atoms with E-state index in [0.717, 1.165) is 16.6 Å². The number of carbonyl (C=O) groups excluding carboxylic acids is 1. The van der Waals surface area contributed by atoms with Crippen LogP contribution >= 0.6 is 15.9 Å². The van der Waals surface area contributed by atoms with Crippen LogP contribution in [0.1, 0.15) is 11.1 Å². The minimum absolute atomic E-state index is 0.0243. The predicted molar refractivity (Wildman–Crippen MR) is 117 cm³/mol. The van der Waals surface area contributed by atoms with Crippen molar-refractivity contribution in [2.24, 2.45) is 5.10 Å². The van der Waals surface area contributed by atoms with Gasteiger partial charge in [-0.1, -0.05) is 28.1 Å². The number of rotatable bonds is 6. The van der Waals surface area contributed by atoms with Crippen molar-refractivity contribution in [3.05, 3.63) is 64.1 Å². The number of alkyl halides is 3. The van der Waals surface area contributed by atoms with Crippen LogP contribution in [0.5, 0.6) is 0 Å². The molecule has 1 aliphatic heterocycles. The molecule has 1 aliphatic rings. The Morgan fingerprint density at radius 1 is 1.03 bits per heavy atom. The average Bonchev–Trinajstić information content (AvgIpc) is 2.74. The van der Waals surface area contributed by atoms with E-state index in [2.05, 4.69) is 26.5 Å². The number of nitrogens with one attached hydrogen (secondary N) is 1. The third kappa shape index (κ3) is 6.37. The number of piperazine rings is 1. The average molecular weight is 533 g/mol. The molecule has 0 bridgehead atoms. The summed E-state index contributed by atoms with van der Waals surface area (Å²) in [6.45, 7) is 1.29. The van der Waals surface area contributed by atoms with E-state index in [9.17, 15) is 26.4 Å². The Hall–Kier alpha value is -2.28. The van der Waals surface area contributed by atoms with Crippen LogP contribution in [0.2, 0.25) is 0 Å². The van der Waals surface area contributed by atoms with Gasteiger partial charge in [0.25, 0.3) is 5.91 Å². The van der Waals surface area contributed by atoms with Crippen molar-refractivity contribution in [1.82, 2.24) is 14.6 Å². The van der Waals surface area contributed by atoms with Gasteiger partial charge in [-0.3, -0.25) is 9.69 Å². The van der Waals surface area contributed by atoms with E-state index in [0.29, 0.717) is 18.7 Å². The van der Waals surface area contributed by atoms with Crippen LogP contribution in [0.3, 0.4) is 0 Å². The SMILES string of the molecule is O=C(CN1CCN(S(=O)(=O)c2ccc(Br)cc2)CC1)NN=Cc1ccc(C(F)(F)F)cc1. The maximum atomic E-state index is 12.7. The van der Waals surface area contributed by atoms with Crippen LogP contribution < -0.4 is 5.43 Å². The van der Waals surface area contributed by atoms with E-state index in [1.807, 2.05) is 0 Å². The van der Waals surface area contributed by atoms with E-state index in [4.69, 9.17) is 0 Å². The molecule has 1 fully saturated rings. The Balaban J connectivity index is 1.46. The Labute approximate surface area is 192 Å². The van der Waals surface area contributed by atoms with Gasteiger partial charge < -0.3 is 0 Å². The summed E-state index contributed by atoms with van der Waals surface area (Å²) in [6.07, 6.45) is -3.16. The van der Waals surface area contributed by atoms with E-state index in [-0.39, 0.29) is 24.5 Å². The summed E-state index contributed by atoms with van der Waals surface area (Å²) in [4.78, 5) is 14.1. The number of hydrogen-bond acceptors (Lipinski definition) is 5. The van der Waals surface area contributed by atoms with Crippen LogP contribution in [0.25, 0.3) is 0 Å². The molecule has 172 valence electrons. The van der Waals surface area contributed by atoms with Crippen LogP contribution in [0, 0.1) is 0 Å². The smallest absolute Gasteiger partial charge is 0.292 e. The Morgan fingerprint density at radius 3 is 2.19 bits per heavy atom. The topological polar surface area (TPSA) is 82.1 Å². The van der Waals surface area contributed by atoms with Gasteiger partial charge >= 0.3 is 6.18 Å². The Bertz CT molecular complexity index is 1070. The highest BCUT2D eigenvalue weighted by Crippen LogP contribution is 2.28. The number of hydrazone groups is 1. The maximum absolute atomic E-state index is 12.7. The van der Waals surface area contributed by atoms with Gasteiger partial charge in [-0.15, -0.1) is 0 Å². The number of carbonyl (C=O) groups is 1. The molecule has 1 amide bonds. The van der Waals surface area contributed by atoms with Gasteiger partial charge in [0, 0.05) is 30.7 Å². The van der Waals surface area contributed by atoms with Gasteiger partial charge in [0.2, 0.25) is 10.0 Å². The molecule has 0 radical (unpaired) electrons. The van der Waals surface area contributed by atoms with Crippen molar-refractivity contribution >= 4 is 38.1 Å². The summed E-state index contributed by atoms with van der Waals surface area (Å²) in [5, 5.41) is 3.76. The fourth-order valence-electron chi connectivity index (χ4n) is 3.06. The maximum Gasteiger partial charge on any atom is 0.416 e. The van der Waals surface area contributed by atoms with Crippen LogP contribution in [-0.4, -0.2) is 62.5 Å². The number of amides is 1. The lowest BCUT2D eigenvalue weighted by molar-refractivity contribution is -0.137. The summed E-state index contributed by atoms with van der Waals surface area (Å²) in [5.41, 5.74) is 1.97. The Kier molecular flexibility index (Phi) is 7.70. The molecule has 2 aromatic rings. The fraction of sp³-hybridized carbons (Fsp3) is 0.300. The second-order valence-electron chi connectivity index (χ2n) is 7.05. The zero-order valence-corrected chi connectivity index (χ0v) is 19.1. The lowest BCUT2D eigenvalue weighted by atomic mass is 10.1. The lowest BCUT2D eigenvalue weighted by Gasteiger charge is -2.33. The van der Waals surface area contributed by atoms with Crippen molar-refractivity contribution in [2.75, 3.05) is 32.7 Å². The number of halogens is 4. The molecule has 32 heavy (non-hydrogen) atoms. The quantitative estimate of drug-likeness (QED) is 0.458. The zero-order chi connectivity index (χ0) is 23.4. The largest absolute Gasteiger partial charge is 0.416 e. The fourth-order valence-corrected chi connectivity index (χ4v) is 4.75. The molecule has 0 unspecified atom stereocenters. The molecule has 0 spiro atoms. The van der Waals surface area contributed by atoms with Crippen molar-refractivity contribution in [2.45, 2.75) is 11.1 Å². The van der Waals surface area contributed by atoms with Crippen LogP contribution in [0.15, 0.2) is 63.0 Å². The third-order valence-electron chi connectivity index (χ3n) is 4.79. The molecular weight excluding hydrogens is 513 g/mol. The molecule has 1 heterocycles. The number of sulfonamides is 1. The van der Waals surface area contributed by atoms with E-state index >= 15 is 0 Å². The molecule has 7 nitrogen and oxygen atoms in total. The summed E-state index contributed by atoms with van der Waals surface area (Å²) >= 11 is 3.28. The van der Waals surface area contributed by atoms with Gasteiger partial charge in [-0.05, 0) is 42.0 Å². The molecule has 0 saturated carbocycles. The summed E-state index contributed by atoms with van der Waals surface area (Å²) in [5.74, 6) is -0.405. The lowest BCUT2D eigenvalue weighted by Crippen LogP contribution is -2.50. The first-order valence-electron chi connectivity index (χ1n) is 9.53. The molecular formula is C20H20BrF3N4O3S. The number of nitrogens with zero attached hydrogens (tertiary/aromatic N) is 3. The summed E-state index contributed by atoms with van der Waals surface area (Å²) in [6, 6.07) is 10.8. The molecule has 2 aromatic carbocycles. The third-order valence-corrected chi connectivity index (χ3v) is 7.23. The number of hydrogen-bond donors (Lipinski definition) is 1. The standard InChI is InChI=1S/C20H20BrF3N4O3S/c21-17-5-7-18(8-6-17)32(30,31)28-11-9-27(10-12-28)14-19(29)26-25-13-15-1-3-16(4-2-15)20(22,23)24/h1-8,13H,9-12,14H2,(H,26,29). The molecule has 1 saturated heterocycles. The van der Waals surface area contributed by atoms with Crippen molar-refractivity contribution < 1.29 is 26.4 Å². The second-order valence-corrected chi connectivity index (χ2v) is 9.90. The zero-order valence-electron chi connectivity index (χ0n) is 16.7. The van der Waals surface area contributed by atoms with Crippen molar-refractivity contribution in [1.29, 1.82) is 0 Å². The van der Waals surface area contributed by atoms with Gasteiger partial charge in [-0.25, -0.2) is 13.8 Å². The van der Waals surface area contributed by atoms with E-state index < -0.39 is 27.7 Å². The van der Waals surface area contributed by atoms with Crippen LogP contribution in [-0.2, 0) is 21.0 Å². The highest BCUT2D eigenvalue weighted by molar-refractivity contribution is 9.10. The van der Waals surface area contributed by atoms with Gasteiger partial charge in [0.05, 0.1) is 23.2 Å². The van der Waals surface area contributed by atoms with Gasteiger partial charge in [-0.2, -0.15) is 22.6 Å². The normalized spacial score (nSPS) is 16.4. The molecule has 0 aromatic heterocycles. The van der Waals surface area contributed by atoms with E-state index in [1.165, 1.54) is 34.8 Å². The molecule has 3 rings (SSSR count). The van der Waals surface area contributed by atoms with Crippen LogP contribution in [0.4, 0.5) is 13.2 Å². The highest BCUT2D eigenvalue weighted by atomic mass is 79.9. The predicted octanol–water partition coefficient (Wildman–Crippen LogP) is 2.92.